The van der Waals surface area contributed by atoms with Crippen LogP contribution in [0.4, 0.5) is 0 Å². The molecule has 0 saturated carbocycles. The SMILES string of the molecule is CC(Cl)C(=O)NCC1CCOC1. The van der Waals surface area contributed by atoms with Gasteiger partial charge in [-0.1, -0.05) is 0 Å². The van der Waals surface area contributed by atoms with Gasteiger partial charge in [-0.15, -0.1) is 11.6 Å². The largest absolute Gasteiger partial charge is 0.381 e. The summed E-state index contributed by atoms with van der Waals surface area (Å²) in [6.45, 7) is 3.94. The number of nitrogens with one attached hydrogen (secondary N) is 1. The molecule has 0 aromatic rings. The third-order valence-corrected chi connectivity index (χ3v) is 2.15. The molecule has 2 unspecified atom stereocenters. The number of rotatable bonds is 3. The Hall–Kier alpha value is -0.280. The first-order valence-corrected chi connectivity index (χ1v) is 4.63. The summed E-state index contributed by atoms with van der Waals surface area (Å²) in [6, 6.07) is 0. The maximum absolute atomic E-state index is 11.0. The Morgan fingerprint density at radius 3 is 3.08 bits per heavy atom. The average molecular weight is 192 g/mol. The molecule has 1 amide bonds. The Balaban J connectivity index is 2.12. The Morgan fingerprint density at radius 1 is 1.83 bits per heavy atom. The first-order chi connectivity index (χ1) is 5.70. The molecule has 0 aromatic heterocycles. The number of carbonyl (C=O) groups excluding carboxylic acids is 1. The van der Waals surface area contributed by atoms with E-state index in [0.717, 1.165) is 19.6 Å². The van der Waals surface area contributed by atoms with Gasteiger partial charge in [-0.3, -0.25) is 4.79 Å². The van der Waals surface area contributed by atoms with E-state index >= 15 is 0 Å². The molecule has 70 valence electrons. The lowest BCUT2D eigenvalue weighted by molar-refractivity contribution is -0.120. The number of carbonyl (C=O) groups is 1. The zero-order valence-electron chi connectivity index (χ0n) is 7.18. The van der Waals surface area contributed by atoms with Gasteiger partial charge in [0.1, 0.15) is 5.38 Å². The molecular weight excluding hydrogens is 178 g/mol. The highest BCUT2D eigenvalue weighted by atomic mass is 35.5. The van der Waals surface area contributed by atoms with Crippen molar-refractivity contribution in [1.29, 1.82) is 0 Å². The minimum Gasteiger partial charge on any atom is -0.381 e. The number of ether oxygens (including phenoxy) is 1. The summed E-state index contributed by atoms with van der Waals surface area (Å²) in [5, 5.41) is 2.34. The fraction of sp³-hybridized carbons (Fsp3) is 0.875. The molecule has 1 rings (SSSR count). The summed E-state index contributed by atoms with van der Waals surface area (Å²) < 4.78 is 5.17. The van der Waals surface area contributed by atoms with Gasteiger partial charge in [0, 0.05) is 19.1 Å². The first-order valence-electron chi connectivity index (χ1n) is 4.19. The standard InChI is InChI=1S/C8H14ClNO2/c1-6(9)8(11)10-4-7-2-3-12-5-7/h6-7H,2-5H2,1H3,(H,10,11). The van der Waals surface area contributed by atoms with Crippen LogP contribution in [0, 0.1) is 5.92 Å². The molecule has 1 heterocycles. The molecule has 0 aromatic carbocycles. The normalized spacial score (nSPS) is 25.3. The van der Waals surface area contributed by atoms with E-state index in [4.69, 9.17) is 16.3 Å². The maximum Gasteiger partial charge on any atom is 0.237 e. The van der Waals surface area contributed by atoms with Gasteiger partial charge < -0.3 is 10.1 Å². The summed E-state index contributed by atoms with van der Waals surface area (Å²) in [5.74, 6) is 0.382. The second-order valence-electron chi connectivity index (χ2n) is 3.09. The highest BCUT2D eigenvalue weighted by Crippen LogP contribution is 2.10. The molecule has 1 N–H and O–H groups in total. The fourth-order valence-electron chi connectivity index (χ4n) is 1.13. The number of hydrogen-bond donors (Lipinski definition) is 1. The van der Waals surface area contributed by atoms with Crippen LogP contribution in [-0.2, 0) is 9.53 Å². The van der Waals surface area contributed by atoms with Gasteiger partial charge in [0.15, 0.2) is 0 Å². The third-order valence-electron chi connectivity index (χ3n) is 1.95. The summed E-state index contributed by atoms with van der Waals surface area (Å²) in [4.78, 5) is 11.0. The van der Waals surface area contributed by atoms with E-state index in [0.29, 0.717) is 12.5 Å². The van der Waals surface area contributed by atoms with Gasteiger partial charge in [-0.2, -0.15) is 0 Å². The Kier molecular flexibility index (Phi) is 3.82. The van der Waals surface area contributed by atoms with E-state index in [2.05, 4.69) is 5.32 Å². The van der Waals surface area contributed by atoms with Crippen molar-refractivity contribution < 1.29 is 9.53 Å². The molecule has 0 radical (unpaired) electrons. The van der Waals surface area contributed by atoms with Gasteiger partial charge in [-0.25, -0.2) is 0 Å². The van der Waals surface area contributed by atoms with Crippen LogP contribution in [0.3, 0.4) is 0 Å². The molecule has 1 saturated heterocycles. The van der Waals surface area contributed by atoms with Crippen LogP contribution in [0.1, 0.15) is 13.3 Å². The predicted octanol–water partition coefficient (Wildman–Crippen LogP) is 0.766. The maximum atomic E-state index is 11.0. The lowest BCUT2D eigenvalue weighted by Crippen LogP contribution is -2.33. The first kappa shape index (κ1) is 9.81. The molecule has 0 aliphatic carbocycles. The van der Waals surface area contributed by atoms with E-state index < -0.39 is 5.38 Å². The van der Waals surface area contributed by atoms with Gasteiger partial charge in [-0.05, 0) is 13.3 Å². The number of hydrogen-bond acceptors (Lipinski definition) is 2. The van der Waals surface area contributed by atoms with Crippen molar-refractivity contribution >= 4 is 17.5 Å². The molecular formula is C8H14ClNO2. The lowest BCUT2D eigenvalue weighted by Gasteiger charge is -2.09. The Labute approximate surface area is 77.4 Å². The molecule has 1 aliphatic heterocycles. The van der Waals surface area contributed by atoms with Gasteiger partial charge in [0.05, 0.1) is 6.61 Å². The Morgan fingerprint density at radius 2 is 2.58 bits per heavy atom. The van der Waals surface area contributed by atoms with E-state index in [1.54, 1.807) is 6.92 Å². The van der Waals surface area contributed by atoms with Gasteiger partial charge >= 0.3 is 0 Å². The molecule has 2 atom stereocenters. The third kappa shape index (κ3) is 2.99. The molecule has 3 nitrogen and oxygen atoms in total. The van der Waals surface area contributed by atoms with Gasteiger partial charge in [0.25, 0.3) is 0 Å². The minimum atomic E-state index is -0.438. The van der Waals surface area contributed by atoms with E-state index in [-0.39, 0.29) is 5.91 Å². The van der Waals surface area contributed by atoms with Crippen LogP contribution in [0.5, 0.6) is 0 Å². The predicted molar refractivity (Wildman–Crippen MR) is 47.3 cm³/mol. The topological polar surface area (TPSA) is 38.3 Å². The average Bonchev–Trinajstić information content (AvgIpc) is 2.51. The van der Waals surface area contributed by atoms with Crippen LogP contribution in [-0.4, -0.2) is 31.0 Å². The molecule has 0 bridgehead atoms. The Bertz CT molecular complexity index is 155. The van der Waals surface area contributed by atoms with Crippen LogP contribution in [0.15, 0.2) is 0 Å². The summed E-state index contributed by atoms with van der Waals surface area (Å²) in [6.07, 6.45) is 1.04. The summed E-state index contributed by atoms with van der Waals surface area (Å²) >= 11 is 5.57. The van der Waals surface area contributed by atoms with E-state index in [9.17, 15) is 4.79 Å². The second-order valence-corrected chi connectivity index (χ2v) is 3.75. The van der Waals surface area contributed by atoms with Crippen LogP contribution < -0.4 is 5.32 Å². The van der Waals surface area contributed by atoms with Crippen LogP contribution in [0.25, 0.3) is 0 Å². The zero-order valence-corrected chi connectivity index (χ0v) is 7.93. The zero-order chi connectivity index (χ0) is 8.97. The van der Waals surface area contributed by atoms with Crippen molar-refractivity contribution in [3.8, 4) is 0 Å². The summed E-state index contributed by atoms with van der Waals surface area (Å²) in [7, 11) is 0. The molecule has 12 heavy (non-hydrogen) atoms. The monoisotopic (exact) mass is 191 g/mol. The van der Waals surface area contributed by atoms with Gasteiger partial charge in [0.2, 0.25) is 5.91 Å². The highest BCUT2D eigenvalue weighted by molar-refractivity contribution is 6.30. The van der Waals surface area contributed by atoms with Crippen molar-refractivity contribution in [2.75, 3.05) is 19.8 Å². The van der Waals surface area contributed by atoms with Crippen molar-refractivity contribution in [3.05, 3.63) is 0 Å². The lowest BCUT2D eigenvalue weighted by atomic mass is 10.1. The van der Waals surface area contributed by atoms with E-state index in [1.165, 1.54) is 0 Å². The quantitative estimate of drug-likeness (QED) is 0.670. The van der Waals surface area contributed by atoms with Crippen LogP contribution in [0.2, 0.25) is 0 Å². The number of alkyl halides is 1. The smallest absolute Gasteiger partial charge is 0.237 e. The molecule has 4 heteroatoms. The molecule has 1 aliphatic rings. The van der Waals surface area contributed by atoms with Crippen LogP contribution >= 0.6 is 11.6 Å². The fourth-order valence-corrected chi connectivity index (χ4v) is 1.21. The van der Waals surface area contributed by atoms with Crippen molar-refractivity contribution in [3.63, 3.8) is 0 Å². The van der Waals surface area contributed by atoms with E-state index in [1.807, 2.05) is 0 Å². The van der Waals surface area contributed by atoms with Crippen molar-refractivity contribution in [1.82, 2.24) is 5.32 Å². The number of halogens is 1. The highest BCUT2D eigenvalue weighted by Gasteiger charge is 2.17. The van der Waals surface area contributed by atoms with Crippen molar-refractivity contribution in [2.45, 2.75) is 18.7 Å². The second kappa shape index (κ2) is 4.67. The number of amides is 1. The molecule has 1 fully saturated rings. The minimum absolute atomic E-state index is 0.0939. The van der Waals surface area contributed by atoms with Crippen molar-refractivity contribution in [2.24, 2.45) is 5.92 Å². The molecule has 0 spiro atoms. The summed E-state index contributed by atoms with van der Waals surface area (Å²) in [5.41, 5.74) is 0.